The zero-order chi connectivity index (χ0) is 54.6. The zero-order valence-corrected chi connectivity index (χ0v) is 42.9. The number of phenols is 2. The highest BCUT2D eigenvalue weighted by atomic mass is 35.5. The van der Waals surface area contributed by atoms with E-state index in [1.807, 2.05) is 0 Å². The first kappa shape index (κ1) is 55.0. The first-order valence-corrected chi connectivity index (χ1v) is 26.9. The maximum atomic E-state index is 13.4. The average Bonchev–Trinajstić information content (AvgIpc) is 3.29. The van der Waals surface area contributed by atoms with E-state index >= 15 is 0 Å². The van der Waals surface area contributed by atoms with Gasteiger partial charge in [0.1, 0.15) is 44.0 Å². The van der Waals surface area contributed by atoms with Gasteiger partial charge in [0, 0.05) is 27.9 Å². The van der Waals surface area contributed by atoms with Crippen molar-refractivity contribution in [3.63, 3.8) is 0 Å². The monoisotopic (exact) mass is 1170 g/mol. The fourth-order valence-electron chi connectivity index (χ4n) is 6.96. The molecule has 0 saturated heterocycles. The number of ether oxygens (including phenoxy) is 2. The number of amides is 2. The highest BCUT2D eigenvalue weighted by Gasteiger charge is 2.29. The van der Waals surface area contributed by atoms with E-state index in [1.54, 1.807) is 0 Å². The van der Waals surface area contributed by atoms with Crippen molar-refractivity contribution in [2.75, 3.05) is 24.9 Å². The molecule has 0 saturated carbocycles. The average molecular weight is 1170 g/mol. The smallest absolute Gasteiger partial charge is 0.296 e. The van der Waals surface area contributed by atoms with Gasteiger partial charge in [-0.05, 0) is 77.5 Å². The largest absolute Gasteiger partial charge is 0.505 e. The molecule has 0 fully saturated rings. The Kier molecular flexibility index (Phi) is 15.2. The number of aromatic hydroxyl groups is 2. The van der Waals surface area contributed by atoms with Crippen LogP contribution in [-0.4, -0.2) is 88.1 Å². The molecule has 0 radical (unpaired) electrons. The normalized spacial score (nSPS) is 12.5. The molecule has 0 bridgehead atoms. The summed E-state index contributed by atoms with van der Waals surface area (Å²) in [5.41, 5.74) is -4.33. The van der Waals surface area contributed by atoms with E-state index in [0.29, 0.717) is 36.4 Å². The molecule has 0 unspecified atom stereocenters. The van der Waals surface area contributed by atoms with Gasteiger partial charge in [0.15, 0.2) is 11.5 Å². The molecule has 24 nitrogen and oxygen atoms in total. The third-order valence-electron chi connectivity index (χ3n) is 10.3. The standard InChI is InChI=1S/C42H28Cl4N6O18S4/c1-69-30-16-27(50-52-38-33(74(66,67)68)11-18-9-21(72(60,61)62)14-29(35(18)40(38)54)48-42(56)23-4-3-5-24(44)36(23)46)31(70-2)15-26(30)49-51-37-32(73(63,64)65)10-17-8-20(71(57,58)59)13-28(34(17)39(37)53)47-41(55)22-7-6-19(43)12-25(22)45/h3-16,53-54H,1-2H3,(H,47,55)(H,48,56)(H,57,58,59)(H,60,61,62)(H,63,64,65)(H,66,67,68). The van der Waals surface area contributed by atoms with Crippen LogP contribution in [0.2, 0.25) is 20.1 Å². The van der Waals surface area contributed by atoms with E-state index in [2.05, 4.69) is 31.1 Å². The van der Waals surface area contributed by atoms with Crippen LogP contribution in [0.1, 0.15) is 20.7 Å². The second-order valence-corrected chi connectivity index (χ2v) is 22.2. The molecule has 386 valence electrons. The van der Waals surface area contributed by atoms with Crippen LogP contribution in [0.5, 0.6) is 23.0 Å². The van der Waals surface area contributed by atoms with Crippen LogP contribution in [0.15, 0.2) is 125 Å². The quantitative estimate of drug-likeness (QED) is 0.0370. The third-order valence-corrected chi connectivity index (χ3v) is 15.0. The molecule has 7 aromatic carbocycles. The first-order chi connectivity index (χ1) is 34.4. The number of carbonyl (C=O) groups excluding carboxylic acids is 2. The highest BCUT2D eigenvalue weighted by Crippen LogP contribution is 2.49. The van der Waals surface area contributed by atoms with Crippen molar-refractivity contribution in [3.8, 4) is 23.0 Å². The van der Waals surface area contributed by atoms with E-state index in [0.717, 1.165) is 26.4 Å². The van der Waals surface area contributed by atoms with Crippen molar-refractivity contribution < 1.29 is 81.2 Å². The SMILES string of the molecule is COc1cc(N=Nc2c(S(=O)(=O)O)cc3cc(S(=O)(=O)O)cc(NC(=O)c4cccc(Cl)c4Cl)c3c2O)c(OC)cc1N=Nc1c(S(=O)(=O)O)cc2cc(S(=O)(=O)O)cc(NC(=O)c3ccc(Cl)cc3Cl)c2c1O. The minimum Gasteiger partial charge on any atom is -0.505 e. The molecule has 0 spiro atoms. The van der Waals surface area contributed by atoms with E-state index in [9.17, 15) is 71.7 Å². The van der Waals surface area contributed by atoms with Crippen LogP contribution < -0.4 is 20.1 Å². The van der Waals surface area contributed by atoms with E-state index in [4.69, 9.17) is 55.9 Å². The summed E-state index contributed by atoms with van der Waals surface area (Å²) in [6, 6.07) is 13.8. The van der Waals surface area contributed by atoms with Crippen LogP contribution in [0.4, 0.5) is 34.1 Å². The van der Waals surface area contributed by atoms with Gasteiger partial charge in [-0.25, -0.2) is 0 Å². The first-order valence-electron chi connectivity index (χ1n) is 19.6. The number of phenolic OH excluding ortho intramolecular Hbond substituents is 2. The predicted octanol–water partition coefficient (Wildman–Crippen LogP) is 10.4. The Bertz CT molecular complexity index is 4130. The van der Waals surface area contributed by atoms with Crippen LogP contribution in [0.3, 0.4) is 0 Å². The molecule has 0 atom stereocenters. The number of hydrogen-bond acceptors (Lipinski definition) is 18. The van der Waals surface area contributed by atoms with Gasteiger partial charge >= 0.3 is 0 Å². The van der Waals surface area contributed by atoms with Gasteiger partial charge in [0.2, 0.25) is 0 Å². The molecular weight excluding hydrogens is 1150 g/mol. The summed E-state index contributed by atoms with van der Waals surface area (Å²) in [5.74, 6) is -4.95. The number of anilines is 2. The van der Waals surface area contributed by atoms with Gasteiger partial charge < -0.3 is 30.3 Å². The number of halogens is 4. The lowest BCUT2D eigenvalue weighted by Gasteiger charge is -2.16. The number of nitrogens with one attached hydrogen (secondary N) is 2. The topological polar surface area (TPSA) is 384 Å². The van der Waals surface area contributed by atoms with Gasteiger partial charge in [-0.1, -0.05) is 52.5 Å². The van der Waals surface area contributed by atoms with Gasteiger partial charge in [-0.3, -0.25) is 27.8 Å². The number of nitrogens with zero attached hydrogens (tertiary/aromatic N) is 4. The van der Waals surface area contributed by atoms with E-state index < -0.39 is 128 Å². The summed E-state index contributed by atoms with van der Waals surface area (Å²) in [6.45, 7) is 0. The highest BCUT2D eigenvalue weighted by molar-refractivity contribution is 7.86. The van der Waals surface area contributed by atoms with Crippen LogP contribution in [0, 0.1) is 0 Å². The molecule has 8 N–H and O–H groups in total. The lowest BCUT2D eigenvalue weighted by atomic mass is 10.1. The molecule has 74 heavy (non-hydrogen) atoms. The Hall–Kier alpha value is -6.80. The molecule has 0 aliphatic carbocycles. The Morgan fingerprint density at radius 1 is 0.514 bits per heavy atom. The fraction of sp³-hybridized carbons (Fsp3) is 0.0476. The molecule has 7 rings (SSSR count). The molecular formula is C42H28Cl4N6O18S4. The Morgan fingerprint density at radius 2 is 0.946 bits per heavy atom. The summed E-state index contributed by atoms with van der Waals surface area (Å²) < 4.78 is 151. The molecule has 2 amide bonds. The minimum absolute atomic E-state index is 0.0564. The third kappa shape index (κ3) is 11.3. The second-order valence-electron chi connectivity index (χ2n) is 14.9. The molecule has 0 heterocycles. The van der Waals surface area contributed by atoms with Gasteiger partial charge in [0.05, 0.1) is 61.6 Å². The number of methoxy groups -OCH3 is 2. The van der Waals surface area contributed by atoms with Gasteiger partial charge in [-0.2, -0.15) is 33.7 Å². The van der Waals surface area contributed by atoms with E-state index in [-0.39, 0.29) is 54.1 Å². The summed E-state index contributed by atoms with van der Waals surface area (Å²) in [5, 5.41) is 41.2. The second kappa shape index (κ2) is 20.5. The van der Waals surface area contributed by atoms with Gasteiger partial charge in [-0.15, -0.1) is 20.5 Å². The Morgan fingerprint density at radius 3 is 1.34 bits per heavy atom. The van der Waals surface area contributed by atoms with Gasteiger partial charge in [0.25, 0.3) is 52.3 Å². The maximum absolute atomic E-state index is 13.4. The minimum atomic E-state index is -5.40. The van der Waals surface area contributed by atoms with Crippen molar-refractivity contribution in [2.24, 2.45) is 20.5 Å². The molecule has 0 aliphatic rings. The maximum Gasteiger partial charge on any atom is 0.296 e. The molecule has 7 aromatic rings. The summed E-state index contributed by atoms with van der Waals surface area (Å²) in [7, 11) is -18.8. The summed E-state index contributed by atoms with van der Waals surface area (Å²) in [4.78, 5) is 22.7. The lowest BCUT2D eigenvalue weighted by molar-refractivity contribution is 0.101. The zero-order valence-electron chi connectivity index (χ0n) is 36.6. The number of benzene rings is 7. The summed E-state index contributed by atoms with van der Waals surface area (Å²) >= 11 is 24.4. The van der Waals surface area contributed by atoms with E-state index in [1.165, 1.54) is 36.4 Å². The van der Waals surface area contributed by atoms with Crippen LogP contribution >= 0.6 is 46.4 Å². The van der Waals surface area contributed by atoms with Crippen molar-refractivity contribution in [2.45, 2.75) is 19.6 Å². The lowest BCUT2D eigenvalue weighted by Crippen LogP contribution is -2.14. The van der Waals surface area contributed by atoms with Crippen LogP contribution in [-0.2, 0) is 40.5 Å². The number of rotatable bonds is 14. The summed E-state index contributed by atoms with van der Waals surface area (Å²) in [6.07, 6.45) is 0. The fourth-order valence-corrected chi connectivity index (χ4v) is 10.2. The number of fused-ring (bicyclic) bond motifs is 2. The van der Waals surface area contributed by atoms with Crippen molar-refractivity contribution >= 4 is 154 Å². The van der Waals surface area contributed by atoms with Crippen molar-refractivity contribution in [1.29, 1.82) is 0 Å². The van der Waals surface area contributed by atoms with Crippen LogP contribution in [0.25, 0.3) is 21.5 Å². The number of azo groups is 2. The number of hydrogen-bond donors (Lipinski definition) is 8. The van der Waals surface area contributed by atoms with Crippen molar-refractivity contribution in [1.82, 2.24) is 0 Å². The number of carbonyl (C=O) groups is 2. The predicted molar refractivity (Wildman–Crippen MR) is 267 cm³/mol. The van der Waals surface area contributed by atoms with Crippen molar-refractivity contribution in [3.05, 3.63) is 116 Å². The Labute approximate surface area is 436 Å². The molecule has 0 aromatic heterocycles. The molecule has 0 aliphatic heterocycles. The molecule has 32 heteroatoms. The Balaban J connectivity index is 1.37.